The molecular formula is C19H20ClF2N3O. The minimum absolute atomic E-state index is 0.0312. The van der Waals surface area contributed by atoms with Crippen LogP contribution in [0.3, 0.4) is 0 Å². The van der Waals surface area contributed by atoms with E-state index in [2.05, 4.69) is 16.3 Å². The minimum atomic E-state index is -0.793. The maximum absolute atomic E-state index is 13.7. The van der Waals surface area contributed by atoms with E-state index in [9.17, 15) is 13.6 Å². The van der Waals surface area contributed by atoms with Gasteiger partial charge in [0, 0.05) is 32.2 Å². The molecule has 0 radical (unpaired) electrons. The Balaban J connectivity index is 1.64. The van der Waals surface area contributed by atoms with Gasteiger partial charge in [-0.05, 0) is 43.2 Å². The number of nitrogens with one attached hydrogen (secondary N) is 1. The van der Waals surface area contributed by atoms with E-state index in [0.29, 0.717) is 31.2 Å². The SMILES string of the molecule is Cc1cc(C)c(N2CCN(C(=O)Nc3ccc(F)cc3F)CC2)c(Cl)c1. The summed E-state index contributed by atoms with van der Waals surface area (Å²) in [4.78, 5) is 16.1. The Morgan fingerprint density at radius 2 is 1.77 bits per heavy atom. The molecule has 0 unspecified atom stereocenters. The molecule has 0 aliphatic carbocycles. The molecule has 1 aliphatic heterocycles. The Bertz CT molecular complexity index is 813. The molecule has 7 heteroatoms. The molecular weight excluding hydrogens is 360 g/mol. The van der Waals surface area contributed by atoms with Crippen molar-refractivity contribution in [2.75, 3.05) is 36.4 Å². The van der Waals surface area contributed by atoms with Crippen LogP contribution >= 0.6 is 11.6 Å². The van der Waals surface area contributed by atoms with Crippen molar-refractivity contribution >= 4 is 29.0 Å². The highest BCUT2D eigenvalue weighted by Gasteiger charge is 2.24. The van der Waals surface area contributed by atoms with Crippen molar-refractivity contribution in [3.63, 3.8) is 0 Å². The third-order valence-corrected chi connectivity index (χ3v) is 4.74. The lowest BCUT2D eigenvalue weighted by Gasteiger charge is -2.37. The number of hydrogen-bond acceptors (Lipinski definition) is 2. The number of halogens is 3. The molecule has 1 N–H and O–H groups in total. The van der Waals surface area contributed by atoms with Gasteiger partial charge in [-0.1, -0.05) is 17.7 Å². The summed E-state index contributed by atoms with van der Waals surface area (Å²) in [6, 6.07) is 6.68. The molecule has 26 heavy (non-hydrogen) atoms. The number of benzene rings is 2. The lowest BCUT2D eigenvalue weighted by Crippen LogP contribution is -2.50. The predicted molar refractivity (Wildman–Crippen MR) is 100 cm³/mol. The molecule has 2 aromatic carbocycles. The number of carbonyl (C=O) groups is 1. The van der Waals surface area contributed by atoms with Crippen LogP contribution in [-0.4, -0.2) is 37.1 Å². The van der Waals surface area contributed by atoms with E-state index in [1.807, 2.05) is 19.9 Å². The number of aryl methyl sites for hydroxylation is 2. The van der Waals surface area contributed by atoms with Crippen LogP contribution in [0.5, 0.6) is 0 Å². The van der Waals surface area contributed by atoms with E-state index in [0.717, 1.165) is 28.9 Å². The predicted octanol–water partition coefficient (Wildman–Crippen LogP) is 4.59. The zero-order valence-electron chi connectivity index (χ0n) is 14.7. The summed E-state index contributed by atoms with van der Waals surface area (Å²) in [5.41, 5.74) is 3.16. The Hall–Kier alpha value is -2.34. The number of amides is 2. The van der Waals surface area contributed by atoms with Crippen LogP contribution in [0.4, 0.5) is 25.0 Å². The Labute approximate surface area is 156 Å². The minimum Gasteiger partial charge on any atom is -0.367 e. The first-order chi connectivity index (χ1) is 12.3. The van der Waals surface area contributed by atoms with Crippen molar-refractivity contribution in [1.29, 1.82) is 0 Å². The van der Waals surface area contributed by atoms with E-state index in [1.165, 1.54) is 6.07 Å². The molecule has 1 fully saturated rings. The quantitative estimate of drug-likeness (QED) is 0.828. The molecule has 0 spiro atoms. The Morgan fingerprint density at radius 1 is 1.08 bits per heavy atom. The van der Waals surface area contributed by atoms with Crippen LogP contribution in [-0.2, 0) is 0 Å². The van der Waals surface area contributed by atoms with Gasteiger partial charge in [-0.25, -0.2) is 13.6 Å². The average Bonchev–Trinajstić information content (AvgIpc) is 2.57. The van der Waals surface area contributed by atoms with Gasteiger partial charge < -0.3 is 15.1 Å². The van der Waals surface area contributed by atoms with Crippen molar-refractivity contribution in [2.45, 2.75) is 13.8 Å². The standard InChI is InChI=1S/C19H20ClF2N3O/c1-12-9-13(2)18(15(20)10-12)24-5-7-25(8-6-24)19(26)23-17-4-3-14(21)11-16(17)22/h3-4,9-11H,5-8H2,1-2H3,(H,23,26). The van der Waals surface area contributed by atoms with Crippen LogP contribution < -0.4 is 10.2 Å². The van der Waals surface area contributed by atoms with Gasteiger partial charge in [0.15, 0.2) is 0 Å². The summed E-state index contributed by atoms with van der Waals surface area (Å²) in [7, 11) is 0. The number of hydrogen-bond donors (Lipinski definition) is 1. The normalized spacial score (nSPS) is 14.5. The van der Waals surface area contributed by atoms with Crippen LogP contribution in [0.2, 0.25) is 5.02 Å². The molecule has 0 atom stereocenters. The zero-order valence-corrected chi connectivity index (χ0v) is 15.4. The third-order valence-electron chi connectivity index (χ3n) is 4.45. The number of anilines is 2. The number of rotatable bonds is 2. The molecule has 138 valence electrons. The fraction of sp³-hybridized carbons (Fsp3) is 0.316. The van der Waals surface area contributed by atoms with E-state index >= 15 is 0 Å². The Morgan fingerprint density at radius 3 is 2.38 bits per heavy atom. The molecule has 3 rings (SSSR count). The second kappa shape index (κ2) is 7.50. The van der Waals surface area contributed by atoms with E-state index in [-0.39, 0.29) is 5.69 Å². The van der Waals surface area contributed by atoms with Gasteiger partial charge in [-0.2, -0.15) is 0 Å². The molecule has 0 aromatic heterocycles. The summed E-state index contributed by atoms with van der Waals surface area (Å²) in [5, 5.41) is 3.20. The zero-order chi connectivity index (χ0) is 18.8. The summed E-state index contributed by atoms with van der Waals surface area (Å²) >= 11 is 6.40. The Kier molecular flexibility index (Phi) is 5.32. The molecule has 2 amide bonds. The first-order valence-electron chi connectivity index (χ1n) is 8.38. The van der Waals surface area contributed by atoms with Gasteiger partial charge in [0.05, 0.1) is 16.4 Å². The maximum atomic E-state index is 13.7. The van der Waals surface area contributed by atoms with Crippen LogP contribution in [0.1, 0.15) is 11.1 Å². The smallest absolute Gasteiger partial charge is 0.322 e. The monoisotopic (exact) mass is 379 g/mol. The highest BCUT2D eigenvalue weighted by molar-refractivity contribution is 6.33. The van der Waals surface area contributed by atoms with Gasteiger partial charge in [0.2, 0.25) is 0 Å². The summed E-state index contributed by atoms with van der Waals surface area (Å²) in [6.07, 6.45) is 0. The van der Waals surface area contributed by atoms with Crippen molar-refractivity contribution in [1.82, 2.24) is 4.90 Å². The van der Waals surface area contributed by atoms with Gasteiger partial charge in [-0.3, -0.25) is 0 Å². The number of carbonyl (C=O) groups excluding carboxylic acids is 1. The van der Waals surface area contributed by atoms with Crippen molar-refractivity contribution < 1.29 is 13.6 Å². The molecule has 1 saturated heterocycles. The molecule has 2 aromatic rings. The van der Waals surface area contributed by atoms with Crippen LogP contribution in [0.25, 0.3) is 0 Å². The molecule has 0 saturated carbocycles. The van der Waals surface area contributed by atoms with Gasteiger partial charge in [0.25, 0.3) is 0 Å². The molecule has 0 bridgehead atoms. The molecule has 4 nitrogen and oxygen atoms in total. The number of nitrogens with zero attached hydrogens (tertiary/aromatic N) is 2. The highest BCUT2D eigenvalue weighted by Crippen LogP contribution is 2.31. The first-order valence-corrected chi connectivity index (χ1v) is 8.75. The highest BCUT2D eigenvalue weighted by atomic mass is 35.5. The molecule has 1 heterocycles. The van der Waals surface area contributed by atoms with Gasteiger partial charge in [0.1, 0.15) is 11.6 Å². The molecule has 1 aliphatic rings. The van der Waals surface area contributed by atoms with E-state index < -0.39 is 17.7 Å². The lowest BCUT2D eigenvalue weighted by atomic mass is 10.1. The number of piperazine rings is 1. The summed E-state index contributed by atoms with van der Waals surface area (Å²) in [5.74, 6) is -1.47. The van der Waals surface area contributed by atoms with Gasteiger partial charge in [-0.15, -0.1) is 0 Å². The van der Waals surface area contributed by atoms with E-state index in [4.69, 9.17) is 11.6 Å². The second-order valence-corrected chi connectivity index (χ2v) is 6.85. The largest absolute Gasteiger partial charge is 0.367 e. The third kappa shape index (κ3) is 3.90. The summed E-state index contributed by atoms with van der Waals surface area (Å²) < 4.78 is 26.6. The van der Waals surface area contributed by atoms with Crippen molar-refractivity contribution in [3.05, 3.63) is 58.1 Å². The van der Waals surface area contributed by atoms with E-state index in [1.54, 1.807) is 4.90 Å². The fourth-order valence-electron chi connectivity index (χ4n) is 3.23. The second-order valence-electron chi connectivity index (χ2n) is 6.44. The number of urea groups is 1. The van der Waals surface area contributed by atoms with Crippen LogP contribution in [0.15, 0.2) is 30.3 Å². The maximum Gasteiger partial charge on any atom is 0.322 e. The van der Waals surface area contributed by atoms with Crippen molar-refractivity contribution in [3.8, 4) is 0 Å². The van der Waals surface area contributed by atoms with Gasteiger partial charge >= 0.3 is 6.03 Å². The van der Waals surface area contributed by atoms with Crippen molar-refractivity contribution in [2.24, 2.45) is 0 Å². The average molecular weight is 380 g/mol. The lowest BCUT2D eigenvalue weighted by molar-refractivity contribution is 0.208. The fourth-order valence-corrected chi connectivity index (χ4v) is 3.67. The topological polar surface area (TPSA) is 35.6 Å². The van der Waals surface area contributed by atoms with Crippen LogP contribution in [0, 0.1) is 25.5 Å². The first kappa shape index (κ1) is 18.5. The summed E-state index contributed by atoms with van der Waals surface area (Å²) in [6.45, 7) is 6.24.